The van der Waals surface area contributed by atoms with Crippen LogP contribution < -0.4 is 4.83 Å². The number of aromatic nitrogens is 3. The number of hydrazone groups is 1. The van der Waals surface area contributed by atoms with E-state index in [1.165, 1.54) is 12.1 Å². The molecule has 0 saturated heterocycles. The third kappa shape index (κ3) is 3.74. The van der Waals surface area contributed by atoms with Gasteiger partial charge in [0.05, 0.1) is 22.0 Å². The first kappa shape index (κ1) is 18.8. The van der Waals surface area contributed by atoms with Gasteiger partial charge in [0.25, 0.3) is 10.0 Å². The molecule has 3 heterocycles. The van der Waals surface area contributed by atoms with Crippen LogP contribution in [0.3, 0.4) is 0 Å². The molecule has 29 heavy (non-hydrogen) atoms. The normalized spacial score (nSPS) is 12.3. The van der Waals surface area contributed by atoms with Gasteiger partial charge in [0.1, 0.15) is 5.65 Å². The van der Waals surface area contributed by atoms with E-state index in [-0.39, 0.29) is 4.90 Å². The zero-order valence-electron chi connectivity index (χ0n) is 15.9. The summed E-state index contributed by atoms with van der Waals surface area (Å²) in [4.78, 5) is 11.2. The van der Waals surface area contributed by atoms with Crippen molar-refractivity contribution < 1.29 is 8.42 Å². The van der Waals surface area contributed by atoms with Gasteiger partial charge in [0.15, 0.2) is 0 Å². The molecule has 0 spiro atoms. The van der Waals surface area contributed by atoms with Crippen LogP contribution in [0.1, 0.15) is 18.3 Å². The second-order valence-corrected chi connectivity index (χ2v) is 8.20. The molecule has 0 bridgehead atoms. The van der Waals surface area contributed by atoms with E-state index >= 15 is 0 Å². The minimum atomic E-state index is -3.74. The van der Waals surface area contributed by atoms with E-state index in [0.29, 0.717) is 5.71 Å². The van der Waals surface area contributed by atoms with Crippen molar-refractivity contribution in [3.8, 4) is 11.1 Å². The van der Waals surface area contributed by atoms with Crippen LogP contribution in [0.5, 0.6) is 0 Å². The second kappa shape index (κ2) is 7.48. The number of rotatable bonds is 5. The van der Waals surface area contributed by atoms with Crippen molar-refractivity contribution in [1.82, 2.24) is 19.2 Å². The minimum Gasteiger partial charge on any atom is -0.298 e. The van der Waals surface area contributed by atoms with Crippen molar-refractivity contribution in [2.75, 3.05) is 0 Å². The van der Waals surface area contributed by atoms with Crippen molar-refractivity contribution in [2.24, 2.45) is 5.10 Å². The Morgan fingerprint density at radius 3 is 2.55 bits per heavy atom. The summed E-state index contributed by atoms with van der Waals surface area (Å²) in [6.45, 7) is 3.62. The predicted molar refractivity (Wildman–Crippen MR) is 112 cm³/mol. The Hall–Kier alpha value is -3.52. The molecule has 1 N–H and O–H groups in total. The lowest BCUT2D eigenvalue weighted by molar-refractivity contribution is 0.584. The molecular weight excluding hydrogens is 386 g/mol. The van der Waals surface area contributed by atoms with Gasteiger partial charge in [-0.05, 0) is 44.2 Å². The molecule has 0 fully saturated rings. The van der Waals surface area contributed by atoms with E-state index in [0.717, 1.165) is 28.2 Å². The molecule has 8 heteroatoms. The van der Waals surface area contributed by atoms with E-state index in [9.17, 15) is 8.42 Å². The fourth-order valence-electron chi connectivity index (χ4n) is 3.14. The van der Waals surface area contributed by atoms with Gasteiger partial charge in [-0.3, -0.25) is 9.38 Å². The van der Waals surface area contributed by atoms with Gasteiger partial charge in [-0.2, -0.15) is 18.4 Å². The Morgan fingerprint density at radius 2 is 1.83 bits per heavy atom. The Morgan fingerprint density at radius 1 is 1.03 bits per heavy atom. The Kier molecular flexibility index (Phi) is 4.85. The molecule has 4 aromatic rings. The topological polar surface area (TPSA) is 88.7 Å². The average molecular weight is 405 g/mol. The number of benzene rings is 1. The van der Waals surface area contributed by atoms with Gasteiger partial charge >= 0.3 is 0 Å². The molecule has 0 amide bonds. The molecule has 146 valence electrons. The van der Waals surface area contributed by atoms with E-state index in [4.69, 9.17) is 0 Å². The molecule has 4 rings (SSSR count). The third-order valence-electron chi connectivity index (χ3n) is 4.52. The molecule has 0 aliphatic carbocycles. The molecule has 0 saturated carbocycles. The van der Waals surface area contributed by atoms with Crippen LogP contribution in [-0.2, 0) is 10.0 Å². The number of nitrogens with one attached hydrogen (secondary N) is 1. The van der Waals surface area contributed by atoms with Crippen LogP contribution in [0.4, 0.5) is 0 Å². The van der Waals surface area contributed by atoms with Crippen molar-refractivity contribution in [3.63, 3.8) is 0 Å². The standard InChI is InChI=1S/C21H19N5O2S/c1-15-21(16(2)24-25-29(27,28)19-8-4-3-5-9-19)26-14-18(10-11-20(26)23-15)17-7-6-12-22-13-17/h3-14,25H,1-2H3/b24-16+. The largest absolute Gasteiger partial charge is 0.298 e. The molecule has 0 atom stereocenters. The number of imidazole rings is 1. The van der Waals surface area contributed by atoms with Crippen molar-refractivity contribution in [1.29, 1.82) is 0 Å². The highest BCUT2D eigenvalue weighted by molar-refractivity contribution is 7.89. The Balaban J connectivity index is 1.73. The highest BCUT2D eigenvalue weighted by Gasteiger charge is 2.15. The minimum absolute atomic E-state index is 0.158. The lowest BCUT2D eigenvalue weighted by Gasteiger charge is -2.07. The van der Waals surface area contributed by atoms with Crippen LogP contribution in [0.25, 0.3) is 16.8 Å². The molecule has 0 aliphatic rings. The summed E-state index contributed by atoms with van der Waals surface area (Å²) in [6.07, 6.45) is 5.47. The van der Waals surface area contributed by atoms with Gasteiger partial charge in [-0.1, -0.05) is 24.3 Å². The Labute approximate surface area is 168 Å². The summed E-state index contributed by atoms with van der Waals surface area (Å²) in [5.41, 5.74) is 4.71. The fraction of sp³-hybridized carbons (Fsp3) is 0.0952. The summed E-state index contributed by atoms with van der Waals surface area (Å²) < 4.78 is 26.8. The van der Waals surface area contributed by atoms with Crippen LogP contribution >= 0.6 is 0 Å². The maximum Gasteiger partial charge on any atom is 0.276 e. The number of fused-ring (bicyclic) bond motifs is 1. The van der Waals surface area contributed by atoms with E-state index in [1.807, 2.05) is 41.8 Å². The number of nitrogens with zero attached hydrogens (tertiary/aromatic N) is 4. The molecule has 0 radical (unpaired) electrons. The summed E-state index contributed by atoms with van der Waals surface area (Å²) in [6, 6.07) is 15.9. The molecule has 0 aliphatic heterocycles. The smallest absolute Gasteiger partial charge is 0.276 e. The van der Waals surface area contributed by atoms with E-state index < -0.39 is 10.0 Å². The maximum atomic E-state index is 12.4. The van der Waals surface area contributed by atoms with Gasteiger partial charge in [0.2, 0.25) is 0 Å². The van der Waals surface area contributed by atoms with E-state index in [2.05, 4.69) is 19.9 Å². The SMILES string of the molecule is C/C(=N\NS(=O)(=O)c1ccccc1)c1c(C)nc2ccc(-c3cccnc3)cn12. The predicted octanol–water partition coefficient (Wildman–Crippen LogP) is 3.41. The monoisotopic (exact) mass is 405 g/mol. The van der Waals surface area contributed by atoms with Crippen LogP contribution in [0, 0.1) is 6.92 Å². The van der Waals surface area contributed by atoms with Crippen molar-refractivity contribution in [2.45, 2.75) is 18.7 Å². The van der Waals surface area contributed by atoms with Crippen molar-refractivity contribution in [3.05, 3.63) is 84.6 Å². The van der Waals surface area contributed by atoms with Gasteiger partial charge in [0, 0.05) is 29.7 Å². The Bertz CT molecular complexity index is 1300. The number of sulfonamides is 1. The fourth-order valence-corrected chi connectivity index (χ4v) is 4.01. The maximum absolute atomic E-state index is 12.4. The highest BCUT2D eigenvalue weighted by atomic mass is 32.2. The van der Waals surface area contributed by atoms with Crippen LogP contribution in [0.2, 0.25) is 0 Å². The van der Waals surface area contributed by atoms with Crippen molar-refractivity contribution >= 4 is 21.4 Å². The molecular formula is C21H19N5O2S. The van der Waals surface area contributed by atoms with Gasteiger partial charge in [-0.25, -0.2) is 4.98 Å². The molecule has 7 nitrogen and oxygen atoms in total. The highest BCUT2D eigenvalue weighted by Crippen LogP contribution is 2.21. The zero-order valence-corrected chi connectivity index (χ0v) is 16.8. The summed E-state index contributed by atoms with van der Waals surface area (Å²) in [5, 5.41) is 4.13. The lowest BCUT2D eigenvalue weighted by Crippen LogP contribution is -2.20. The zero-order chi connectivity index (χ0) is 20.4. The summed E-state index contributed by atoms with van der Waals surface area (Å²) >= 11 is 0. The average Bonchev–Trinajstić information content (AvgIpc) is 3.08. The summed E-state index contributed by atoms with van der Waals surface area (Å²) in [5.74, 6) is 0. The molecule has 1 aromatic carbocycles. The lowest BCUT2D eigenvalue weighted by atomic mass is 10.1. The first-order valence-corrected chi connectivity index (χ1v) is 10.4. The van der Waals surface area contributed by atoms with Gasteiger partial charge < -0.3 is 0 Å². The van der Waals surface area contributed by atoms with Gasteiger partial charge in [-0.15, -0.1) is 0 Å². The first-order chi connectivity index (χ1) is 14.0. The third-order valence-corrected chi connectivity index (χ3v) is 5.74. The number of hydrogen-bond acceptors (Lipinski definition) is 5. The van der Waals surface area contributed by atoms with E-state index in [1.54, 1.807) is 37.5 Å². The second-order valence-electron chi connectivity index (χ2n) is 6.54. The van der Waals surface area contributed by atoms with Crippen LogP contribution in [0.15, 0.2) is 83.2 Å². The first-order valence-electron chi connectivity index (χ1n) is 8.96. The number of aryl methyl sites for hydroxylation is 1. The molecule has 3 aromatic heterocycles. The molecule has 0 unspecified atom stereocenters. The quantitative estimate of drug-likeness (QED) is 0.407. The van der Waals surface area contributed by atoms with Crippen LogP contribution in [-0.4, -0.2) is 28.5 Å². The summed E-state index contributed by atoms with van der Waals surface area (Å²) in [7, 11) is -3.74. The number of hydrogen-bond donors (Lipinski definition) is 1. The number of pyridine rings is 2.